The van der Waals surface area contributed by atoms with Crippen molar-refractivity contribution in [3.63, 3.8) is 0 Å². The first-order chi connectivity index (χ1) is 14.2. The van der Waals surface area contributed by atoms with Gasteiger partial charge in [-0.25, -0.2) is 0 Å². The van der Waals surface area contributed by atoms with Gasteiger partial charge in [0.15, 0.2) is 19.9 Å². The van der Waals surface area contributed by atoms with Gasteiger partial charge in [0.2, 0.25) is 0 Å². The summed E-state index contributed by atoms with van der Waals surface area (Å²) in [7, 11) is -0.621. The molecular formula is C22H35BrO6Si. The molecule has 3 atom stereocenters. The van der Waals surface area contributed by atoms with Crippen LogP contribution in [0.3, 0.4) is 0 Å². The Morgan fingerprint density at radius 3 is 2.33 bits per heavy atom. The van der Waals surface area contributed by atoms with Crippen LogP contribution in [-0.4, -0.2) is 51.3 Å². The van der Waals surface area contributed by atoms with Crippen molar-refractivity contribution in [1.82, 2.24) is 0 Å². The molecule has 30 heavy (non-hydrogen) atoms. The number of carbonyl (C=O) groups excluding carboxylic acids is 2. The van der Waals surface area contributed by atoms with Gasteiger partial charge in [0.05, 0.1) is 13.5 Å². The van der Waals surface area contributed by atoms with Crippen LogP contribution in [0.5, 0.6) is 0 Å². The van der Waals surface area contributed by atoms with E-state index >= 15 is 0 Å². The molecule has 0 radical (unpaired) electrons. The third-order valence-electron chi connectivity index (χ3n) is 5.40. The van der Waals surface area contributed by atoms with Crippen molar-refractivity contribution in [2.75, 3.05) is 7.11 Å². The highest BCUT2D eigenvalue weighted by Crippen LogP contribution is 2.35. The van der Waals surface area contributed by atoms with Crippen LogP contribution in [0.25, 0.3) is 0 Å². The molecule has 1 heterocycles. The third kappa shape index (κ3) is 8.25. The molecule has 1 fully saturated rings. The van der Waals surface area contributed by atoms with Gasteiger partial charge in [0.25, 0.3) is 0 Å². The Kier molecular flexibility index (Phi) is 11.5. The highest BCUT2D eigenvalue weighted by atomic mass is 79.9. The zero-order chi connectivity index (χ0) is 22.8. The molecule has 0 spiro atoms. The Morgan fingerprint density at radius 2 is 1.80 bits per heavy atom. The van der Waals surface area contributed by atoms with E-state index in [1.807, 2.05) is 19.9 Å². The van der Waals surface area contributed by atoms with Crippen LogP contribution < -0.4 is 0 Å². The molecule has 0 aliphatic carbocycles. The van der Waals surface area contributed by atoms with Crippen LogP contribution in [0, 0.1) is 0 Å². The van der Waals surface area contributed by atoms with Crippen molar-refractivity contribution in [3.8, 4) is 0 Å². The molecule has 0 amide bonds. The molecule has 0 aromatic carbocycles. The average molecular weight is 504 g/mol. The van der Waals surface area contributed by atoms with Crippen molar-refractivity contribution in [2.45, 2.75) is 89.7 Å². The number of ketones is 1. The fourth-order valence-electron chi connectivity index (χ4n) is 3.45. The van der Waals surface area contributed by atoms with E-state index in [2.05, 4.69) is 47.2 Å². The molecule has 6 nitrogen and oxygen atoms in total. The molecule has 0 N–H and O–H groups in total. The topological polar surface area (TPSA) is 71.1 Å². The van der Waals surface area contributed by atoms with Crippen LogP contribution in [0.4, 0.5) is 0 Å². The standard InChI is InChI=1S/C22H35BrO6Si/c1-7-30(8-2,9-3)29-19(11-10-16-23)21-18(27-22(4,5)28-21)14-12-17(24)13-15-20(25)26-6/h11-12,14,16,18-19,21H,7-9,13,15H2,1-6H3/b14-12+/t10?,18-,19-,21+/m1/s1. The van der Waals surface area contributed by atoms with E-state index in [1.54, 1.807) is 11.1 Å². The van der Waals surface area contributed by atoms with Crippen LogP contribution in [-0.2, 0) is 28.2 Å². The summed E-state index contributed by atoms with van der Waals surface area (Å²) in [5.74, 6) is -1.38. The highest BCUT2D eigenvalue weighted by Gasteiger charge is 2.46. The summed E-state index contributed by atoms with van der Waals surface area (Å²) in [5.41, 5.74) is 3.06. The van der Waals surface area contributed by atoms with Crippen molar-refractivity contribution >= 4 is 36.0 Å². The largest absolute Gasteiger partial charge is 0.469 e. The molecule has 1 saturated heterocycles. The second-order valence-corrected chi connectivity index (χ2v) is 12.9. The molecular weight excluding hydrogens is 468 g/mol. The fraction of sp³-hybridized carbons (Fsp3) is 0.682. The summed E-state index contributed by atoms with van der Waals surface area (Å²) in [6.45, 7) is 10.2. The minimum atomic E-state index is -1.93. The van der Waals surface area contributed by atoms with Crippen LogP contribution in [0.1, 0.15) is 47.5 Å². The summed E-state index contributed by atoms with van der Waals surface area (Å²) in [6.07, 6.45) is 3.93. The van der Waals surface area contributed by atoms with Crippen LogP contribution >= 0.6 is 15.9 Å². The average Bonchev–Trinajstić information content (AvgIpc) is 3.05. The fourth-order valence-corrected chi connectivity index (χ4v) is 6.38. The van der Waals surface area contributed by atoms with E-state index in [0.29, 0.717) is 0 Å². The number of hydrogen-bond donors (Lipinski definition) is 0. The first-order valence-electron chi connectivity index (χ1n) is 10.5. The van der Waals surface area contributed by atoms with Gasteiger partial charge in [0.1, 0.15) is 18.3 Å². The lowest BCUT2D eigenvalue weighted by molar-refractivity contribution is -0.149. The van der Waals surface area contributed by atoms with Gasteiger partial charge in [-0.2, -0.15) is 0 Å². The number of rotatable bonds is 12. The van der Waals surface area contributed by atoms with Crippen molar-refractivity contribution in [2.24, 2.45) is 0 Å². The van der Waals surface area contributed by atoms with E-state index < -0.39 is 32.3 Å². The van der Waals surface area contributed by atoms with Crippen LogP contribution in [0.15, 0.2) is 28.9 Å². The third-order valence-corrected chi connectivity index (χ3v) is 10.3. The maximum Gasteiger partial charge on any atom is 0.305 e. The molecule has 0 saturated carbocycles. The lowest BCUT2D eigenvalue weighted by Crippen LogP contribution is -2.46. The van der Waals surface area contributed by atoms with Crippen LogP contribution in [0.2, 0.25) is 18.1 Å². The summed E-state index contributed by atoms with van der Waals surface area (Å²) < 4.78 is 23.5. The smallest absolute Gasteiger partial charge is 0.305 e. The number of ether oxygens (including phenoxy) is 3. The predicted molar refractivity (Wildman–Crippen MR) is 123 cm³/mol. The van der Waals surface area contributed by atoms with E-state index in [-0.39, 0.29) is 24.7 Å². The van der Waals surface area contributed by atoms with Gasteiger partial charge in [-0.1, -0.05) is 36.7 Å². The second-order valence-electron chi connectivity index (χ2n) is 7.73. The maximum atomic E-state index is 12.2. The molecule has 170 valence electrons. The predicted octanol–water partition coefficient (Wildman–Crippen LogP) is 5.04. The molecule has 1 aliphatic rings. The quantitative estimate of drug-likeness (QED) is 0.161. The van der Waals surface area contributed by atoms with Gasteiger partial charge in [0, 0.05) is 11.4 Å². The summed E-state index contributed by atoms with van der Waals surface area (Å²) in [6, 6.07) is 3.02. The van der Waals surface area contributed by atoms with E-state index in [1.165, 1.54) is 13.2 Å². The first-order valence-corrected chi connectivity index (χ1v) is 13.9. The zero-order valence-electron chi connectivity index (χ0n) is 18.9. The molecule has 0 unspecified atom stereocenters. The van der Waals surface area contributed by atoms with E-state index in [9.17, 15) is 9.59 Å². The number of methoxy groups -OCH3 is 1. The molecule has 1 rings (SSSR count). The van der Waals surface area contributed by atoms with Gasteiger partial charge in [-0.3, -0.25) is 9.59 Å². The van der Waals surface area contributed by atoms with Crippen molar-refractivity contribution < 1.29 is 28.2 Å². The number of hydrogen-bond acceptors (Lipinski definition) is 6. The molecule has 1 aliphatic heterocycles. The number of esters is 1. The molecule has 0 bridgehead atoms. The van der Waals surface area contributed by atoms with Crippen molar-refractivity contribution in [1.29, 1.82) is 0 Å². The van der Waals surface area contributed by atoms with E-state index in [0.717, 1.165) is 18.1 Å². The number of allylic oxidation sites excluding steroid dienone is 1. The molecule has 0 aromatic heterocycles. The first kappa shape index (κ1) is 27.0. The molecule has 8 heteroatoms. The second kappa shape index (κ2) is 12.7. The minimum absolute atomic E-state index is 0.0543. The SMILES string of the molecule is CC[Si](CC)(CC)O[C@H](C=C=CBr)[C@H]1OC(C)(C)O[C@@H]1/C=C/C(=O)CCC(=O)OC. The molecule has 0 aromatic rings. The van der Waals surface area contributed by atoms with Gasteiger partial charge >= 0.3 is 5.97 Å². The highest BCUT2D eigenvalue weighted by molar-refractivity contribution is 9.11. The summed E-state index contributed by atoms with van der Waals surface area (Å²) >= 11 is 3.26. The Hall–Kier alpha value is -1.02. The van der Waals surface area contributed by atoms with Crippen molar-refractivity contribution in [3.05, 3.63) is 28.9 Å². The number of carbonyl (C=O) groups is 2. The van der Waals surface area contributed by atoms with Gasteiger partial charge < -0.3 is 18.6 Å². The normalized spacial score (nSPS) is 21.8. The Balaban J connectivity index is 3.07. The monoisotopic (exact) mass is 502 g/mol. The Bertz CT molecular complexity index is 656. The van der Waals surface area contributed by atoms with Gasteiger partial charge in [-0.15, -0.1) is 5.73 Å². The zero-order valence-corrected chi connectivity index (χ0v) is 21.5. The van der Waals surface area contributed by atoms with E-state index in [4.69, 9.17) is 13.9 Å². The maximum absolute atomic E-state index is 12.2. The lowest BCUT2D eigenvalue weighted by atomic mass is 10.1. The summed E-state index contributed by atoms with van der Waals surface area (Å²) in [4.78, 5) is 25.1. The minimum Gasteiger partial charge on any atom is -0.469 e. The lowest BCUT2D eigenvalue weighted by Gasteiger charge is -2.34. The Morgan fingerprint density at radius 1 is 1.17 bits per heavy atom. The van der Waals surface area contributed by atoms with Gasteiger partial charge in [-0.05, 0) is 50.2 Å². The Labute approximate surface area is 189 Å². The summed E-state index contributed by atoms with van der Waals surface area (Å²) in [5, 5.41) is 0. The number of halogens is 1.